The first-order valence-corrected chi connectivity index (χ1v) is 5.17. The maximum atomic E-state index is 11.2. The molecule has 82 valence electrons. The monoisotopic (exact) mass is 227 g/mol. The zero-order valence-corrected chi connectivity index (χ0v) is 9.54. The predicted octanol–water partition coefficient (Wildman–Crippen LogP) is 3.08. The minimum atomic E-state index is -0.439. The average Bonchev–Trinajstić information content (AvgIpc) is 2.19. The molecule has 3 nitrogen and oxygen atoms in total. The highest BCUT2D eigenvalue weighted by Gasteiger charge is 2.04. The summed E-state index contributed by atoms with van der Waals surface area (Å²) in [6, 6.07) is 6.65. The molecule has 0 radical (unpaired) electrons. The van der Waals surface area contributed by atoms with Crippen molar-refractivity contribution in [2.45, 2.75) is 13.8 Å². The molecule has 4 heteroatoms. The number of hydrogen-bond acceptors (Lipinski definition) is 2. The van der Waals surface area contributed by atoms with Gasteiger partial charge >= 0.3 is 6.09 Å². The second-order valence-electron chi connectivity index (χ2n) is 3.62. The van der Waals surface area contributed by atoms with Gasteiger partial charge in [0.25, 0.3) is 0 Å². The third kappa shape index (κ3) is 4.70. The van der Waals surface area contributed by atoms with Crippen molar-refractivity contribution in [1.29, 1.82) is 0 Å². The fraction of sp³-hybridized carbons (Fsp3) is 0.364. The fourth-order valence-corrected chi connectivity index (χ4v) is 1.06. The van der Waals surface area contributed by atoms with Gasteiger partial charge in [-0.3, -0.25) is 0 Å². The molecule has 0 saturated carbocycles. The highest BCUT2D eigenvalue weighted by Crippen LogP contribution is 2.15. The van der Waals surface area contributed by atoms with Gasteiger partial charge in [0.15, 0.2) is 0 Å². The van der Waals surface area contributed by atoms with Gasteiger partial charge in [-0.1, -0.05) is 25.4 Å². The molecule has 15 heavy (non-hydrogen) atoms. The zero-order chi connectivity index (χ0) is 11.3. The van der Waals surface area contributed by atoms with Crippen LogP contribution in [0.4, 0.5) is 4.79 Å². The highest BCUT2D eigenvalue weighted by atomic mass is 35.5. The standard InChI is InChI=1S/C11H14ClNO2/c1-8(2)7-13-11(14)15-10-5-3-9(12)4-6-10/h3-6,8H,7H2,1-2H3,(H,13,14). The van der Waals surface area contributed by atoms with Crippen LogP contribution >= 0.6 is 11.6 Å². The van der Waals surface area contributed by atoms with Gasteiger partial charge in [0.1, 0.15) is 5.75 Å². The van der Waals surface area contributed by atoms with Crippen LogP contribution in [0, 0.1) is 5.92 Å². The molecule has 0 aliphatic carbocycles. The van der Waals surface area contributed by atoms with Crippen LogP contribution in [-0.4, -0.2) is 12.6 Å². The van der Waals surface area contributed by atoms with E-state index in [0.717, 1.165) is 0 Å². The molecule has 0 aliphatic rings. The molecular weight excluding hydrogens is 214 g/mol. The van der Waals surface area contributed by atoms with Gasteiger partial charge in [-0.05, 0) is 30.2 Å². The summed E-state index contributed by atoms with van der Waals surface area (Å²) in [7, 11) is 0. The van der Waals surface area contributed by atoms with Crippen molar-refractivity contribution in [1.82, 2.24) is 5.32 Å². The first kappa shape index (κ1) is 11.9. The summed E-state index contributed by atoms with van der Waals surface area (Å²) >= 11 is 5.69. The van der Waals surface area contributed by atoms with Crippen molar-refractivity contribution < 1.29 is 9.53 Å². The maximum absolute atomic E-state index is 11.2. The summed E-state index contributed by atoms with van der Waals surface area (Å²) in [6.07, 6.45) is -0.439. The largest absolute Gasteiger partial charge is 0.412 e. The molecule has 1 aromatic carbocycles. The second-order valence-corrected chi connectivity index (χ2v) is 4.05. The van der Waals surface area contributed by atoms with Crippen LogP contribution in [0.1, 0.15) is 13.8 Å². The average molecular weight is 228 g/mol. The molecule has 0 fully saturated rings. The first-order chi connectivity index (χ1) is 7.08. The summed E-state index contributed by atoms with van der Waals surface area (Å²) in [4.78, 5) is 11.2. The van der Waals surface area contributed by atoms with E-state index in [0.29, 0.717) is 23.2 Å². The Hall–Kier alpha value is -1.22. The van der Waals surface area contributed by atoms with Gasteiger partial charge in [0.2, 0.25) is 0 Å². The van der Waals surface area contributed by atoms with Crippen molar-refractivity contribution in [2.75, 3.05) is 6.54 Å². The normalized spacial score (nSPS) is 10.1. The molecule has 0 aromatic heterocycles. The van der Waals surface area contributed by atoms with E-state index in [1.165, 1.54) is 0 Å². The summed E-state index contributed by atoms with van der Waals surface area (Å²) in [5.41, 5.74) is 0. The van der Waals surface area contributed by atoms with E-state index in [4.69, 9.17) is 16.3 Å². The van der Waals surface area contributed by atoms with Gasteiger partial charge < -0.3 is 10.1 Å². The number of amides is 1. The Labute approximate surface area is 94.4 Å². The Bertz CT molecular complexity index is 322. The van der Waals surface area contributed by atoms with Gasteiger partial charge in [-0.15, -0.1) is 0 Å². The van der Waals surface area contributed by atoms with E-state index in [1.54, 1.807) is 24.3 Å². The molecule has 1 rings (SSSR count). The van der Waals surface area contributed by atoms with Crippen LogP contribution in [0.5, 0.6) is 5.75 Å². The van der Waals surface area contributed by atoms with Crippen LogP contribution < -0.4 is 10.1 Å². The minimum absolute atomic E-state index is 0.405. The van der Waals surface area contributed by atoms with Crippen LogP contribution in [0.3, 0.4) is 0 Å². The Morgan fingerprint density at radius 3 is 2.53 bits per heavy atom. The first-order valence-electron chi connectivity index (χ1n) is 4.79. The molecule has 1 N–H and O–H groups in total. The third-order valence-corrected chi connectivity index (χ3v) is 1.93. The SMILES string of the molecule is CC(C)CNC(=O)Oc1ccc(Cl)cc1. The number of carbonyl (C=O) groups excluding carboxylic acids is 1. The lowest BCUT2D eigenvalue weighted by Crippen LogP contribution is -2.30. The predicted molar refractivity (Wildman–Crippen MR) is 60.3 cm³/mol. The Morgan fingerprint density at radius 1 is 1.40 bits per heavy atom. The van der Waals surface area contributed by atoms with E-state index in [1.807, 2.05) is 13.8 Å². The Balaban J connectivity index is 2.41. The van der Waals surface area contributed by atoms with E-state index in [-0.39, 0.29) is 0 Å². The van der Waals surface area contributed by atoms with Gasteiger partial charge in [-0.2, -0.15) is 0 Å². The molecule has 1 amide bonds. The summed E-state index contributed by atoms with van der Waals surface area (Å²) < 4.78 is 5.01. The van der Waals surface area contributed by atoms with E-state index in [9.17, 15) is 4.79 Å². The lowest BCUT2D eigenvalue weighted by Gasteiger charge is -2.08. The fourth-order valence-electron chi connectivity index (χ4n) is 0.933. The number of carbonyl (C=O) groups is 1. The summed E-state index contributed by atoms with van der Waals surface area (Å²) in [5.74, 6) is 0.892. The van der Waals surface area contributed by atoms with Crippen LogP contribution in [0.2, 0.25) is 5.02 Å². The number of ether oxygens (including phenoxy) is 1. The van der Waals surface area contributed by atoms with Gasteiger partial charge in [0, 0.05) is 11.6 Å². The summed E-state index contributed by atoms with van der Waals surface area (Å²) in [6.45, 7) is 4.64. The molecule has 0 heterocycles. The van der Waals surface area contributed by atoms with E-state index < -0.39 is 6.09 Å². The van der Waals surface area contributed by atoms with E-state index >= 15 is 0 Å². The Kier molecular flexibility index (Phi) is 4.43. The van der Waals surface area contributed by atoms with E-state index in [2.05, 4.69) is 5.32 Å². The second kappa shape index (κ2) is 5.61. The molecule has 0 aliphatic heterocycles. The van der Waals surface area contributed by atoms with Gasteiger partial charge in [-0.25, -0.2) is 4.79 Å². The molecule has 0 unspecified atom stereocenters. The number of halogens is 1. The van der Waals surface area contributed by atoms with Gasteiger partial charge in [0.05, 0.1) is 0 Å². The number of nitrogens with one attached hydrogen (secondary N) is 1. The molecular formula is C11H14ClNO2. The minimum Gasteiger partial charge on any atom is -0.410 e. The third-order valence-electron chi connectivity index (χ3n) is 1.68. The number of hydrogen-bond donors (Lipinski definition) is 1. The highest BCUT2D eigenvalue weighted by molar-refractivity contribution is 6.30. The topological polar surface area (TPSA) is 38.3 Å². The lowest BCUT2D eigenvalue weighted by molar-refractivity contribution is 0.199. The summed E-state index contributed by atoms with van der Waals surface area (Å²) in [5, 5.41) is 3.27. The van der Waals surface area contributed by atoms with Crippen molar-refractivity contribution in [3.8, 4) is 5.75 Å². The van der Waals surface area contributed by atoms with Crippen molar-refractivity contribution in [3.63, 3.8) is 0 Å². The Morgan fingerprint density at radius 2 is 2.00 bits per heavy atom. The van der Waals surface area contributed by atoms with Crippen LogP contribution in [0.25, 0.3) is 0 Å². The zero-order valence-electron chi connectivity index (χ0n) is 8.79. The van der Waals surface area contributed by atoms with Crippen LogP contribution in [0.15, 0.2) is 24.3 Å². The smallest absolute Gasteiger partial charge is 0.410 e. The number of benzene rings is 1. The van der Waals surface area contributed by atoms with Crippen LogP contribution in [-0.2, 0) is 0 Å². The lowest BCUT2D eigenvalue weighted by atomic mass is 10.2. The molecule has 0 spiro atoms. The molecule has 0 atom stereocenters. The quantitative estimate of drug-likeness (QED) is 0.862. The van der Waals surface area contributed by atoms with Crippen molar-refractivity contribution >= 4 is 17.7 Å². The molecule has 1 aromatic rings. The van der Waals surface area contributed by atoms with Crippen molar-refractivity contribution in [2.24, 2.45) is 5.92 Å². The molecule has 0 saturated heterocycles. The maximum Gasteiger partial charge on any atom is 0.412 e. The number of rotatable bonds is 3. The molecule has 0 bridgehead atoms. The van der Waals surface area contributed by atoms with Crippen molar-refractivity contribution in [3.05, 3.63) is 29.3 Å².